The summed E-state index contributed by atoms with van der Waals surface area (Å²) in [5, 5.41) is 2.99. The van der Waals surface area contributed by atoms with E-state index in [2.05, 4.69) is 34.5 Å². The predicted molar refractivity (Wildman–Crippen MR) is 94.0 cm³/mol. The van der Waals surface area contributed by atoms with Crippen LogP contribution in [-0.4, -0.2) is 38.6 Å². The number of quaternary nitrogens is 1. The molecule has 2 N–H and O–H groups in total. The largest absolute Gasteiger partial charge is 0.360 e. The van der Waals surface area contributed by atoms with Gasteiger partial charge in [0.2, 0.25) is 0 Å². The van der Waals surface area contributed by atoms with Gasteiger partial charge in [0, 0.05) is 11.4 Å². The Bertz CT molecular complexity index is 631. The molecule has 1 fully saturated rings. The average molecular weight is 310 g/mol. The molecule has 2 aromatic carbocycles. The Morgan fingerprint density at radius 1 is 1.04 bits per heavy atom. The van der Waals surface area contributed by atoms with E-state index in [4.69, 9.17) is 0 Å². The van der Waals surface area contributed by atoms with E-state index in [1.54, 1.807) is 0 Å². The van der Waals surface area contributed by atoms with Gasteiger partial charge in [0.25, 0.3) is 5.91 Å². The molecule has 120 valence electrons. The summed E-state index contributed by atoms with van der Waals surface area (Å²) < 4.78 is 0. The lowest BCUT2D eigenvalue weighted by atomic mass is 10.2. The number of aryl methyl sites for hydroxylation is 1. The summed E-state index contributed by atoms with van der Waals surface area (Å²) in [6.45, 7) is 6.57. The van der Waals surface area contributed by atoms with Gasteiger partial charge in [-0.2, -0.15) is 0 Å². The smallest absolute Gasteiger partial charge is 0.279 e. The highest BCUT2D eigenvalue weighted by atomic mass is 16.2. The van der Waals surface area contributed by atoms with Crippen molar-refractivity contribution in [1.82, 2.24) is 0 Å². The molecule has 0 aliphatic carbocycles. The first-order valence-corrected chi connectivity index (χ1v) is 8.21. The molecule has 0 aromatic heterocycles. The minimum absolute atomic E-state index is 0.0945. The Kier molecular flexibility index (Phi) is 4.93. The maximum Gasteiger partial charge on any atom is 0.279 e. The number of anilines is 2. The third-order valence-corrected chi connectivity index (χ3v) is 4.34. The van der Waals surface area contributed by atoms with Gasteiger partial charge >= 0.3 is 0 Å². The summed E-state index contributed by atoms with van der Waals surface area (Å²) in [4.78, 5) is 15.9. The molecule has 1 heterocycles. The molecule has 0 saturated carbocycles. The van der Waals surface area contributed by atoms with Crippen LogP contribution in [0, 0.1) is 6.92 Å². The molecular formula is C19H24N3O+. The maximum absolute atomic E-state index is 12.2. The van der Waals surface area contributed by atoms with E-state index in [0.717, 1.165) is 31.9 Å². The quantitative estimate of drug-likeness (QED) is 0.894. The van der Waals surface area contributed by atoms with Crippen molar-refractivity contribution in [1.29, 1.82) is 0 Å². The van der Waals surface area contributed by atoms with Crippen LogP contribution in [0.5, 0.6) is 0 Å². The summed E-state index contributed by atoms with van der Waals surface area (Å²) in [5.41, 5.74) is 3.35. The summed E-state index contributed by atoms with van der Waals surface area (Å²) >= 11 is 0. The first-order chi connectivity index (χ1) is 11.2. The number of piperazine rings is 1. The molecule has 0 spiro atoms. The van der Waals surface area contributed by atoms with Crippen molar-refractivity contribution >= 4 is 17.3 Å². The number of para-hydroxylation sites is 1. The van der Waals surface area contributed by atoms with Gasteiger partial charge in [-0.05, 0) is 31.2 Å². The van der Waals surface area contributed by atoms with Crippen LogP contribution in [0.3, 0.4) is 0 Å². The number of nitrogens with zero attached hydrogens (tertiary/aromatic N) is 1. The van der Waals surface area contributed by atoms with Crippen LogP contribution in [0.15, 0.2) is 54.6 Å². The monoisotopic (exact) mass is 310 g/mol. The summed E-state index contributed by atoms with van der Waals surface area (Å²) in [5.74, 6) is 0.0945. The van der Waals surface area contributed by atoms with Crippen molar-refractivity contribution in [2.24, 2.45) is 0 Å². The molecule has 0 unspecified atom stereocenters. The summed E-state index contributed by atoms with van der Waals surface area (Å²) in [7, 11) is 0. The van der Waals surface area contributed by atoms with Crippen molar-refractivity contribution in [3.05, 3.63) is 60.2 Å². The van der Waals surface area contributed by atoms with Gasteiger partial charge in [0.05, 0.1) is 26.2 Å². The molecule has 23 heavy (non-hydrogen) atoms. The molecule has 4 heteroatoms. The predicted octanol–water partition coefficient (Wildman–Crippen LogP) is 1.34. The number of benzene rings is 2. The van der Waals surface area contributed by atoms with E-state index in [1.165, 1.54) is 16.2 Å². The fraction of sp³-hybridized carbons (Fsp3) is 0.316. The second kappa shape index (κ2) is 7.29. The van der Waals surface area contributed by atoms with Crippen molar-refractivity contribution in [2.75, 3.05) is 42.9 Å². The molecule has 1 amide bonds. The zero-order valence-electron chi connectivity index (χ0n) is 13.6. The molecule has 1 saturated heterocycles. The molecule has 0 radical (unpaired) electrons. The van der Waals surface area contributed by atoms with Crippen LogP contribution in [0.25, 0.3) is 0 Å². The average Bonchev–Trinajstić information content (AvgIpc) is 2.58. The van der Waals surface area contributed by atoms with E-state index in [0.29, 0.717) is 6.54 Å². The fourth-order valence-electron chi connectivity index (χ4n) is 2.97. The molecule has 2 aromatic rings. The van der Waals surface area contributed by atoms with E-state index in [9.17, 15) is 4.79 Å². The van der Waals surface area contributed by atoms with Gasteiger partial charge < -0.3 is 15.1 Å². The number of nitrogens with one attached hydrogen (secondary N) is 2. The van der Waals surface area contributed by atoms with Gasteiger partial charge in [-0.3, -0.25) is 4.79 Å². The second-order valence-electron chi connectivity index (χ2n) is 6.16. The Morgan fingerprint density at radius 3 is 2.35 bits per heavy atom. The summed E-state index contributed by atoms with van der Waals surface area (Å²) in [6.07, 6.45) is 0. The molecule has 3 rings (SSSR count). The van der Waals surface area contributed by atoms with Crippen molar-refractivity contribution in [2.45, 2.75) is 6.92 Å². The highest BCUT2D eigenvalue weighted by Gasteiger charge is 2.22. The zero-order chi connectivity index (χ0) is 16.1. The van der Waals surface area contributed by atoms with Crippen LogP contribution in [-0.2, 0) is 4.79 Å². The van der Waals surface area contributed by atoms with Crippen molar-refractivity contribution < 1.29 is 9.69 Å². The third kappa shape index (κ3) is 4.33. The summed E-state index contributed by atoms with van der Waals surface area (Å²) in [6, 6.07) is 18.4. The van der Waals surface area contributed by atoms with Crippen LogP contribution in [0.1, 0.15) is 5.56 Å². The number of hydrogen-bond acceptors (Lipinski definition) is 2. The number of amides is 1. The van der Waals surface area contributed by atoms with Crippen LogP contribution in [0.4, 0.5) is 11.4 Å². The standard InChI is InChI=1S/C19H23N3O/c1-16-7-9-17(10-8-16)20-19(23)15-21-11-13-22(14-12-21)18-5-3-2-4-6-18/h2-10H,11-15H2,1H3,(H,20,23)/p+1. The van der Waals surface area contributed by atoms with E-state index >= 15 is 0 Å². The normalized spacial score (nSPS) is 15.4. The SMILES string of the molecule is Cc1ccc(NC(=O)C[NH+]2CCN(c3ccccc3)CC2)cc1. The highest BCUT2D eigenvalue weighted by molar-refractivity contribution is 5.91. The minimum atomic E-state index is 0.0945. The Balaban J connectivity index is 1.47. The Morgan fingerprint density at radius 2 is 1.70 bits per heavy atom. The topological polar surface area (TPSA) is 36.8 Å². The third-order valence-electron chi connectivity index (χ3n) is 4.34. The lowest BCUT2D eigenvalue weighted by molar-refractivity contribution is -0.892. The van der Waals surface area contributed by atoms with Crippen LogP contribution >= 0.6 is 0 Å². The van der Waals surface area contributed by atoms with Crippen LogP contribution in [0.2, 0.25) is 0 Å². The van der Waals surface area contributed by atoms with Gasteiger partial charge in [-0.1, -0.05) is 35.9 Å². The number of rotatable bonds is 4. The first kappa shape index (κ1) is 15.6. The minimum Gasteiger partial charge on any atom is -0.360 e. The number of hydrogen-bond donors (Lipinski definition) is 2. The van der Waals surface area contributed by atoms with Crippen molar-refractivity contribution in [3.63, 3.8) is 0 Å². The van der Waals surface area contributed by atoms with E-state index < -0.39 is 0 Å². The molecule has 1 aliphatic heterocycles. The molecular weight excluding hydrogens is 286 g/mol. The fourth-order valence-corrected chi connectivity index (χ4v) is 2.97. The molecule has 0 bridgehead atoms. The van der Waals surface area contributed by atoms with Gasteiger partial charge in [-0.15, -0.1) is 0 Å². The lowest BCUT2D eigenvalue weighted by Gasteiger charge is -2.33. The molecule has 0 atom stereocenters. The van der Waals surface area contributed by atoms with Gasteiger partial charge in [0.15, 0.2) is 6.54 Å². The lowest BCUT2D eigenvalue weighted by Crippen LogP contribution is -3.15. The Labute approximate surface area is 137 Å². The first-order valence-electron chi connectivity index (χ1n) is 8.21. The zero-order valence-corrected chi connectivity index (χ0v) is 13.6. The molecule has 1 aliphatic rings. The molecule has 4 nitrogen and oxygen atoms in total. The number of carbonyl (C=O) groups is 1. The van der Waals surface area contributed by atoms with Crippen molar-refractivity contribution in [3.8, 4) is 0 Å². The van der Waals surface area contributed by atoms with Crippen LogP contribution < -0.4 is 15.1 Å². The maximum atomic E-state index is 12.2. The van der Waals surface area contributed by atoms with Gasteiger partial charge in [0.1, 0.15) is 0 Å². The van der Waals surface area contributed by atoms with E-state index in [1.807, 2.05) is 37.3 Å². The second-order valence-corrected chi connectivity index (χ2v) is 6.16. The highest BCUT2D eigenvalue weighted by Crippen LogP contribution is 2.12. The Hall–Kier alpha value is -2.33. The van der Waals surface area contributed by atoms with Gasteiger partial charge in [-0.25, -0.2) is 0 Å². The number of carbonyl (C=O) groups excluding carboxylic acids is 1. The van der Waals surface area contributed by atoms with E-state index in [-0.39, 0.29) is 5.91 Å².